The Labute approximate surface area is 65.3 Å². The van der Waals surface area contributed by atoms with E-state index in [0.717, 1.165) is 11.3 Å². The predicted molar refractivity (Wildman–Crippen MR) is 45.9 cm³/mol. The largest absolute Gasteiger partial charge is 0.362 e. The molecule has 56 valence electrons. The molecular weight excluding hydrogens is 138 g/mol. The predicted octanol–water partition coefficient (Wildman–Crippen LogP) is 1.63. The van der Waals surface area contributed by atoms with Crippen LogP contribution in [-0.4, -0.2) is 11.2 Å². The summed E-state index contributed by atoms with van der Waals surface area (Å²) in [6.45, 7) is 3.52. The molecule has 0 bridgehead atoms. The first-order chi connectivity index (χ1) is 5.38. The highest BCUT2D eigenvalue weighted by Gasteiger charge is 1.94. The van der Waals surface area contributed by atoms with E-state index in [2.05, 4.69) is 16.9 Å². The van der Waals surface area contributed by atoms with Crippen molar-refractivity contribution in [2.24, 2.45) is 0 Å². The second kappa shape index (κ2) is 3.51. The highest BCUT2D eigenvalue weighted by Crippen LogP contribution is 2.09. The average molecular weight is 147 g/mol. The van der Waals surface area contributed by atoms with Gasteiger partial charge < -0.3 is 10.7 Å². The Morgan fingerprint density at radius 2 is 2.45 bits per heavy atom. The molecule has 0 aliphatic rings. The van der Waals surface area contributed by atoms with Crippen LogP contribution < -0.4 is 5.32 Å². The van der Waals surface area contributed by atoms with E-state index in [1.807, 2.05) is 0 Å². The maximum atomic E-state index is 7.02. The zero-order chi connectivity index (χ0) is 8.10. The summed E-state index contributed by atoms with van der Waals surface area (Å²) in [7, 11) is 0. The average Bonchev–Trinajstić information content (AvgIpc) is 2.06. The molecule has 11 heavy (non-hydrogen) atoms. The molecule has 2 N–H and O–H groups in total. The first-order valence-corrected chi connectivity index (χ1v) is 3.20. The van der Waals surface area contributed by atoms with E-state index in [4.69, 9.17) is 5.41 Å². The van der Waals surface area contributed by atoms with Crippen LogP contribution in [0.15, 0.2) is 31.2 Å². The van der Waals surface area contributed by atoms with Gasteiger partial charge in [-0.05, 0) is 12.3 Å². The molecule has 0 radical (unpaired) electrons. The van der Waals surface area contributed by atoms with Crippen molar-refractivity contribution in [2.75, 3.05) is 5.32 Å². The highest BCUT2D eigenvalue weighted by molar-refractivity contribution is 5.85. The molecule has 1 aromatic rings. The zero-order valence-corrected chi connectivity index (χ0v) is 6.04. The zero-order valence-electron chi connectivity index (χ0n) is 6.04. The third-order valence-corrected chi connectivity index (χ3v) is 1.26. The Morgan fingerprint density at radius 3 is 3.09 bits per heavy atom. The summed E-state index contributed by atoms with van der Waals surface area (Å²) in [6.07, 6.45) is 6.11. The number of aromatic nitrogens is 1. The van der Waals surface area contributed by atoms with Gasteiger partial charge in [0.15, 0.2) is 0 Å². The number of hydrogen-bond acceptors (Lipinski definition) is 3. The molecule has 3 heteroatoms. The Balaban J connectivity index is 3.01. The molecule has 0 spiro atoms. The van der Waals surface area contributed by atoms with E-state index in [9.17, 15) is 0 Å². The van der Waals surface area contributed by atoms with E-state index in [1.165, 1.54) is 6.21 Å². The van der Waals surface area contributed by atoms with Crippen LogP contribution in [0.4, 0.5) is 5.69 Å². The minimum atomic E-state index is 0.757. The molecule has 0 atom stereocenters. The van der Waals surface area contributed by atoms with Gasteiger partial charge in [0.2, 0.25) is 0 Å². The Morgan fingerprint density at radius 1 is 1.64 bits per heavy atom. The summed E-state index contributed by atoms with van der Waals surface area (Å²) in [5.74, 6) is 0. The summed E-state index contributed by atoms with van der Waals surface area (Å²) in [4.78, 5) is 3.87. The molecule has 0 amide bonds. The normalized spacial score (nSPS) is 8.73. The van der Waals surface area contributed by atoms with E-state index >= 15 is 0 Å². The first-order valence-electron chi connectivity index (χ1n) is 3.20. The molecule has 0 saturated carbocycles. The Kier molecular flexibility index (Phi) is 2.38. The SMILES string of the molecule is C=CNc1ccncc1C=N. The van der Waals surface area contributed by atoms with E-state index < -0.39 is 0 Å². The number of nitrogens with zero attached hydrogens (tertiary/aromatic N) is 1. The van der Waals surface area contributed by atoms with Crippen molar-refractivity contribution in [3.05, 3.63) is 36.8 Å². The lowest BCUT2D eigenvalue weighted by Crippen LogP contribution is -1.92. The number of anilines is 1. The molecule has 0 unspecified atom stereocenters. The molecule has 1 aromatic heterocycles. The minimum Gasteiger partial charge on any atom is -0.362 e. The van der Waals surface area contributed by atoms with Gasteiger partial charge in [0, 0.05) is 29.9 Å². The molecule has 1 heterocycles. The van der Waals surface area contributed by atoms with Crippen molar-refractivity contribution in [2.45, 2.75) is 0 Å². The first kappa shape index (κ1) is 7.47. The third-order valence-electron chi connectivity index (χ3n) is 1.26. The molecule has 0 aliphatic carbocycles. The Hall–Kier alpha value is -1.64. The lowest BCUT2D eigenvalue weighted by molar-refractivity contribution is 1.31. The van der Waals surface area contributed by atoms with E-state index in [-0.39, 0.29) is 0 Å². The van der Waals surface area contributed by atoms with Gasteiger partial charge in [-0.2, -0.15) is 0 Å². The minimum absolute atomic E-state index is 0.757. The van der Waals surface area contributed by atoms with Gasteiger partial charge in [0.1, 0.15) is 0 Å². The summed E-state index contributed by atoms with van der Waals surface area (Å²) < 4.78 is 0. The van der Waals surface area contributed by atoms with Crippen molar-refractivity contribution in [3.63, 3.8) is 0 Å². The molecule has 0 saturated heterocycles. The second-order valence-corrected chi connectivity index (χ2v) is 1.96. The highest BCUT2D eigenvalue weighted by atomic mass is 14.8. The summed E-state index contributed by atoms with van der Waals surface area (Å²) in [5, 5.41) is 9.92. The van der Waals surface area contributed by atoms with Crippen LogP contribution in [-0.2, 0) is 0 Å². The van der Waals surface area contributed by atoms with Gasteiger partial charge in [-0.1, -0.05) is 6.58 Å². The third kappa shape index (κ3) is 1.64. The standard InChI is InChI=1S/C8H9N3/c1-2-11-8-3-4-10-6-7(8)5-9/h2-6,9H,1H2,(H,10,11). The van der Waals surface area contributed by atoms with Crippen LogP contribution in [0.1, 0.15) is 5.56 Å². The second-order valence-electron chi connectivity index (χ2n) is 1.96. The summed E-state index contributed by atoms with van der Waals surface area (Å²) in [5.41, 5.74) is 1.61. The van der Waals surface area contributed by atoms with Crippen molar-refractivity contribution < 1.29 is 0 Å². The quantitative estimate of drug-likeness (QED) is 0.638. The van der Waals surface area contributed by atoms with Crippen molar-refractivity contribution in [1.82, 2.24) is 4.98 Å². The molecule has 0 aromatic carbocycles. The van der Waals surface area contributed by atoms with Gasteiger partial charge in [-0.15, -0.1) is 0 Å². The number of nitrogens with one attached hydrogen (secondary N) is 2. The maximum Gasteiger partial charge on any atom is 0.0499 e. The van der Waals surface area contributed by atoms with E-state index in [1.54, 1.807) is 24.7 Å². The lowest BCUT2D eigenvalue weighted by Gasteiger charge is -2.01. The lowest BCUT2D eigenvalue weighted by atomic mass is 10.2. The summed E-state index contributed by atoms with van der Waals surface area (Å²) in [6, 6.07) is 1.79. The van der Waals surface area contributed by atoms with E-state index in [0.29, 0.717) is 0 Å². The fourth-order valence-electron chi connectivity index (χ4n) is 0.763. The van der Waals surface area contributed by atoms with Gasteiger partial charge in [-0.3, -0.25) is 4.98 Å². The van der Waals surface area contributed by atoms with Crippen LogP contribution >= 0.6 is 0 Å². The number of rotatable bonds is 3. The van der Waals surface area contributed by atoms with Crippen LogP contribution in [0.25, 0.3) is 0 Å². The molecule has 1 rings (SSSR count). The molecular formula is C8H9N3. The van der Waals surface area contributed by atoms with Gasteiger partial charge >= 0.3 is 0 Å². The number of hydrogen-bond donors (Lipinski definition) is 2. The number of pyridine rings is 1. The molecule has 3 nitrogen and oxygen atoms in total. The molecule has 0 fully saturated rings. The van der Waals surface area contributed by atoms with Crippen LogP contribution in [0.3, 0.4) is 0 Å². The fraction of sp³-hybridized carbons (Fsp3) is 0. The molecule has 0 aliphatic heterocycles. The van der Waals surface area contributed by atoms with Crippen molar-refractivity contribution in [3.8, 4) is 0 Å². The fourth-order valence-corrected chi connectivity index (χ4v) is 0.763. The topological polar surface area (TPSA) is 48.8 Å². The Bertz CT molecular complexity index is 268. The van der Waals surface area contributed by atoms with Gasteiger partial charge in [0.25, 0.3) is 0 Å². The van der Waals surface area contributed by atoms with Crippen LogP contribution in [0, 0.1) is 5.41 Å². The van der Waals surface area contributed by atoms with Crippen LogP contribution in [0.5, 0.6) is 0 Å². The van der Waals surface area contributed by atoms with Crippen molar-refractivity contribution in [1.29, 1.82) is 5.41 Å². The summed E-state index contributed by atoms with van der Waals surface area (Å²) >= 11 is 0. The smallest absolute Gasteiger partial charge is 0.0499 e. The van der Waals surface area contributed by atoms with Crippen LogP contribution in [0.2, 0.25) is 0 Å². The van der Waals surface area contributed by atoms with Gasteiger partial charge in [0.05, 0.1) is 0 Å². The van der Waals surface area contributed by atoms with Crippen molar-refractivity contribution >= 4 is 11.9 Å². The monoisotopic (exact) mass is 147 g/mol. The van der Waals surface area contributed by atoms with Gasteiger partial charge in [-0.25, -0.2) is 0 Å². The maximum absolute atomic E-state index is 7.02.